The molecule has 26 heavy (non-hydrogen) atoms. The standard InChI is InChI=1S/C18H14FN5O2/c19-6-8-26-13-9-12(10-20-11-13)21-17(25)15-5-7-24-16-4-2-1-3-14(16)22-18(24)23-15/h1-5,7,9-11H,6,8H2,(H,21,25). The summed E-state index contributed by atoms with van der Waals surface area (Å²) in [5, 5.41) is 2.70. The highest BCUT2D eigenvalue weighted by Crippen LogP contribution is 2.17. The normalized spacial score (nSPS) is 11.0. The van der Waals surface area contributed by atoms with Crippen LogP contribution < -0.4 is 10.1 Å². The lowest BCUT2D eigenvalue weighted by Gasteiger charge is -2.07. The van der Waals surface area contributed by atoms with Crippen molar-refractivity contribution in [1.29, 1.82) is 0 Å². The minimum absolute atomic E-state index is 0.0647. The third-order valence-corrected chi connectivity index (χ3v) is 3.73. The zero-order chi connectivity index (χ0) is 17.9. The fourth-order valence-corrected chi connectivity index (χ4v) is 2.59. The first-order valence-electron chi connectivity index (χ1n) is 7.93. The van der Waals surface area contributed by atoms with Gasteiger partial charge in [-0.05, 0) is 18.2 Å². The molecule has 3 heterocycles. The SMILES string of the molecule is O=C(Nc1cncc(OCCF)c1)c1ccn2c(n1)nc1ccccc12. The van der Waals surface area contributed by atoms with E-state index < -0.39 is 12.6 Å². The van der Waals surface area contributed by atoms with Gasteiger partial charge < -0.3 is 10.1 Å². The number of amides is 1. The number of imidazole rings is 1. The van der Waals surface area contributed by atoms with Crippen molar-refractivity contribution < 1.29 is 13.9 Å². The maximum atomic E-state index is 12.5. The van der Waals surface area contributed by atoms with Crippen molar-refractivity contribution in [2.45, 2.75) is 0 Å². The van der Waals surface area contributed by atoms with Gasteiger partial charge in [0, 0.05) is 12.3 Å². The fraction of sp³-hybridized carbons (Fsp3) is 0.111. The van der Waals surface area contributed by atoms with E-state index in [9.17, 15) is 9.18 Å². The minimum Gasteiger partial charge on any atom is -0.489 e. The number of nitrogens with one attached hydrogen (secondary N) is 1. The number of nitrogens with zero attached hydrogens (tertiary/aromatic N) is 4. The highest BCUT2D eigenvalue weighted by molar-refractivity contribution is 6.03. The first kappa shape index (κ1) is 15.9. The molecule has 0 saturated carbocycles. The van der Waals surface area contributed by atoms with Crippen LogP contribution in [-0.2, 0) is 0 Å². The average Bonchev–Trinajstić information content (AvgIpc) is 3.04. The molecule has 0 unspecified atom stereocenters. The number of fused-ring (bicyclic) bond motifs is 3. The maximum absolute atomic E-state index is 12.5. The average molecular weight is 351 g/mol. The molecule has 1 amide bonds. The van der Waals surface area contributed by atoms with Gasteiger partial charge in [0.25, 0.3) is 5.91 Å². The lowest BCUT2D eigenvalue weighted by Crippen LogP contribution is -2.14. The Hall–Kier alpha value is -3.55. The van der Waals surface area contributed by atoms with Crippen LogP contribution in [0.2, 0.25) is 0 Å². The summed E-state index contributed by atoms with van der Waals surface area (Å²) in [5.74, 6) is 0.421. The Morgan fingerprint density at radius 2 is 2.08 bits per heavy atom. The van der Waals surface area contributed by atoms with Crippen LogP contribution >= 0.6 is 0 Å². The molecule has 0 spiro atoms. The van der Waals surface area contributed by atoms with Gasteiger partial charge >= 0.3 is 0 Å². The molecule has 130 valence electrons. The van der Waals surface area contributed by atoms with Gasteiger partial charge in [-0.25, -0.2) is 14.4 Å². The predicted molar refractivity (Wildman–Crippen MR) is 94.2 cm³/mol. The largest absolute Gasteiger partial charge is 0.489 e. The number of ether oxygens (including phenoxy) is 1. The van der Waals surface area contributed by atoms with Gasteiger partial charge in [-0.2, -0.15) is 0 Å². The molecule has 8 heteroatoms. The van der Waals surface area contributed by atoms with Gasteiger partial charge in [0.05, 0.1) is 29.1 Å². The van der Waals surface area contributed by atoms with Crippen molar-refractivity contribution in [3.8, 4) is 5.75 Å². The molecular formula is C18H14FN5O2. The van der Waals surface area contributed by atoms with E-state index in [2.05, 4.69) is 20.3 Å². The molecule has 4 aromatic rings. The van der Waals surface area contributed by atoms with Gasteiger partial charge in [0.2, 0.25) is 5.78 Å². The van der Waals surface area contributed by atoms with E-state index in [1.54, 1.807) is 18.3 Å². The van der Waals surface area contributed by atoms with Crippen LogP contribution in [0.5, 0.6) is 5.75 Å². The highest BCUT2D eigenvalue weighted by Gasteiger charge is 2.12. The zero-order valence-corrected chi connectivity index (χ0v) is 13.6. The van der Waals surface area contributed by atoms with Gasteiger partial charge in [-0.1, -0.05) is 12.1 Å². The summed E-state index contributed by atoms with van der Waals surface area (Å²) in [6, 6.07) is 10.8. The molecule has 0 bridgehead atoms. The second kappa shape index (κ2) is 6.75. The van der Waals surface area contributed by atoms with Crippen molar-refractivity contribution in [1.82, 2.24) is 19.4 Å². The lowest BCUT2D eigenvalue weighted by atomic mass is 10.3. The smallest absolute Gasteiger partial charge is 0.274 e. The molecule has 3 aromatic heterocycles. The number of hydrogen-bond acceptors (Lipinski definition) is 5. The van der Waals surface area contributed by atoms with E-state index in [-0.39, 0.29) is 12.3 Å². The summed E-state index contributed by atoms with van der Waals surface area (Å²) in [7, 11) is 0. The van der Waals surface area contributed by atoms with Gasteiger partial charge in [-0.15, -0.1) is 0 Å². The Kier molecular flexibility index (Phi) is 4.14. The highest BCUT2D eigenvalue weighted by atomic mass is 19.1. The van der Waals surface area contributed by atoms with E-state index in [1.807, 2.05) is 28.7 Å². The van der Waals surface area contributed by atoms with Crippen LogP contribution in [0.25, 0.3) is 16.8 Å². The molecule has 7 nitrogen and oxygen atoms in total. The number of carbonyl (C=O) groups excluding carboxylic acids is 1. The number of halogens is 1. The second-order valence-electron chi connectivity index (χ2n) is 5.48. The van der Waals surface area contributed by atoms with Crippen molar-refractivity contribution in [2.75, 3.05) is 18.6 Å². The number of aromatic nitrogens is 4. The third-order valence-electron chi connectivity index (χ3n) is 3.73. The van der Waals surface area contributed by atoms with Gasteiger partial charge in [0.1, 0.15) is 24.7 Å². The molecular weight excluding hydrogens is 337 g/mol. The van der Waals surface area contributed by atoms with Crippen molar-refractivity contribution in [3.05, 3.63) is 60.7 Å². The van der Waals surface area contributed by atoms with Crippen LogP contribution in [0.1, 0.15) is 10.5 Å². The number of rotatable bonds is 5. The lowest BCUT2D eigenvalue weighted by molar-refractivity contribution is 0.102. The Balaban J connectivity index is 1.59. The molecule has 4 rings (SSSR count). The Morgan fingerprint density at radius 3 is 2.96 bits per heavy atom. The summed E-state index contributed by atoms with van der Waals surface area (Å²) in [6.45, 7) is -0.663. The number of benzene rings is 1. The van der Waals surface area contributed by atoms with Crippen LogP contribution in [0.15, 0.2) is 55.0 Å². The molecule has 1 N–H and O–H groups in total. The number of hydrogen-bond donors (Lipinski definition) is 1. The number of anilines is 1. The van der Waals surface area contributed by atoms with Crippen LogP contribution in [0.4, 0.5) is 10.1 Å². The molecule has 0 aliphatic carbocycles. The summed E-state index contributed by atoms with van der Waals surface area (Å²) in [4.78, 5) is 25.2. The van der Waals surface area contributed by atoms with Crippen LogP contribution in [0, 0.1) is 0 Å². The second-order valence-corrected chi connectivity index (χ2v) is 5.48. The van der Waals surface area contributed by atoms with Gasteiger partial charge in [0.15, 0.2) is 0 Å². The number of pyridine rings is 1. The molecule has 1 aromatic carbocycles. The topological polar surface area (TPSA) is 81.4 Å². The molecule has 0 saturated heterocycles. The van der Waals surface area contributed by atoms with Gasteiger partial charge in [-0.3, -0.25) is 14.2 Å². The van der Waals surface area contributed by atoms with E-state index in [0.29, 0.717) is 17.2 Å². The molecule has 0 aliphatic heterocycles. The first-order valence-corrected chi connectivity index (χ1v) is 7.93. The monoisotopic (exact) mass is 351 g/mol. The zero-order valence-electron chi connectivity index (χ0n) is 13.6. The molecule has 0 radical (unpaired) electrons. The Bertz CT molecular complexity index is 1100. The quantitative estimate of drug-likeness (QED) is 0.598. The predicted octanol–water partition coefficient (Wildman–Crippen LogP) is 2.88. The maximum Gasteiger partial charge on any atom is 0.274 e. The minimum atomic E-state index is -0.598. The fourth-order valence-electron chi connectivity index (χ4n) is 2.59. The number of para-hydroxylation sites is 2. The third kappa shape index (κ3) is 3.04. The molecule has 0 fully saturated rings. The molecule has 0 aliphatic rings. The van der Waals surface area contributed by atoms with Crippen molar-refractivity contribution in [2.24, 2.45) is 0 Å². The van der Waals surface area contributed by atoms with E-state index in [4.69, 9.17) is 4.74 Å². The van der Waals surface area contributed by atoms with Crippen molar-refractivity contribution >= 4 is 28.4 Å². The van der Waals surface area contributed by atoms with Crippen molar-refractivity contribution in [3.63, 3.8) is 0 Å². The summed E-state index contributed by atoms with van der Waals surface area (Å²) < 4.78 is 19.2. The number of carbonyl (C=O) groups is 1. The summed E-state index contributed by atoms with van der Waals surface area (Å²) in [6.07, 6.45) is 4.68. The summed E-state index contributed by atoms with van der Waals surface area (Å²) >= 11 is 0. The number of alkyl halides is 1. The molecule has 0 atom stereocenters. The summed E-state index contributed by atoms with van der Waals surface area (Å²) in [5.41, 5.74) is 2.38. The van der Waals surface area contributed by atoms with Crippen LogP contribution in [-0.4, -0.2) is 38.5 Å². The van der Waals surface area contributed by atoms with Crippen LogP contribution in [0.3, 0.4) is 0 Å². The van der Waals surface area contributed by atoms with E-state index >= 15 is 0 Å². The Morgan fingerprint density at radius 1 is 1.19 bits per heavy atom. The van der Waals surface area contributed by atoms with E-state index in [0.717, 1.165) is 11.0 Å². The first-order chi connectivity index (χ1) is 12.7. The van der Waals surface area contributed by atoms with E-state index in [1.165, 1.54) is 12.4 Å². The Labute approximate surface area is 147 Å².